The summed E-state index contributed by atoms with van der Waals surface area (Å²) in [7, 11) is 0. The van der Waals surface area contributed by atoms with E-state index in [-0.39, 0.29) is 0 Å². The van der Waals surface area contributed by atoms with Crippen LogP contribution in [0.1, 0.15) is 52.4 Å². The molecule has 0 aromatic heterocycles. The Bertz CT molecular complexity index is 207. The topological polar surface area (TPSA) is 29.3 Å². The van der Waals surface area contributed by atoms with Crippen molar-refractivity contribution in [2.75, 3.05) is 13.1 Å². The number of nitrogens with two attached hydrogens (primary N) is 1. The maximum Gasteiger partial charge on any atom is 0.0196 e. The van der Waals surface area contributed by atoms with Crippen LogP contribution in [0.25, 0.3) is 0 Å². The number of likely N-dealkylation sites (tertiary alicyclic amines) is 1. The van der Waals surface area contributed by atoms with Gasteiger partial charge in [-0.25, -0.2) is 0 Å². The van der Waals surface area contributed by atoms with E-state index in [1.165, 1.54) is 45.1 Å². The van der Waals surface area contributed by atoms with Crippen LogP contribution in [-0.4, -0.2) is 29.6 Å². The molecular weight excluding hydrogens is 184 g/mol. The predicted octanol–water partition coefficient (Wildman–Crippen LogP) is 2.38. The zero-order chi connectivity index (χ0) is 10.9. The maximum absolute atomic E-state index is 5.91. The molecule has 0 spiro atoms. The SMILES string of the molecule is CC1(C)C(CN)CCCN1C1CCCC1. The lowest BCUT2D eigenvalue weighted by molar-refractivity contribution is -0.00731. The van der Waals surface area contributed by atoms with Gasteiger partial charge in [-0.1, -0.05) is 12.8 Å². The quantitative estimate of drug-likeness (QED) is 0.758. The summed E-state index contributed by atoms with van der Waals surface area (Å²) in [4.78, 5) is 2.76. The molecule has 15 heavy (non-hydrogen) atoms. The van der Waals surface area contributed by atoms with E-state index in [2.05, 4.69) is 18.7 Å². The molecule has 0 amide bonds. The van der Waals surface area contributed by atoms with Crippen molar-refractivity contribution < 1.29 is 0 Å². The van der Waals surface area contributed by atoms with Gasteiger partial charge in [-0.2, -0.15) is 0 Å². The molecule has 0 aromatic carbocycles. The smallest absolute Gasteiger partial charge is 0.0196 e. The van der Waals surface area contributed by atoms with Crippen molar-refractivity contribution in [1.29, 1.82) is 0 Å². The van der Waals surface area contributed by atoms with E-state index in [4.69, 9.17) is 5.73 Å². The monoisotopic (exact) mass is 210 g/mol. The molecule has 2 rings (SSSR count). The lowest BCUT2D eigenvalue weighted by atomic mass is 9.78. The van der Waals surface area contributed by atoms with Gasteiger partial charge in [0.1, 0.15) is 0 Å². The number of nitrogens with zero attached hydrogens (tertiary/aromatic N) is 1. The molecule has 2 nitrogen and oxygen atoms in total. The second-order valence-corrected chi connectivity index (χ2v) is 5.86. The van der Waals surface area contributed by atoms with Gasteiger partial charge in [0.2, 0.25) is 0 Å². The summed E-state index contributed by atoms with van der Waals surface area (Å²) in [6, 6.07) is 0.856. The number of hydrogen-bond donors (Lipinski definition) is 1. The molecule has 1 heterocycles. The summed E-state index contributed by atoms with van der Waals surface area (Å²) in [6.45, 7) is 6.97. The molecule has 1 aliphatic heterocycles. The van der Waals surface area contributed by atoms with E-state index in [0.29, 0.717) is 11.5 Å². The van der Waals surface area contributed by atoms with Crippen LogP contribution in [0.2, 0.25) is 0 Å². The highest BCUT2D eigenvalue weighted by molar-refractivity contribution is 4.96. The Labute approximate surface area is 94.2 Å². The van der Waals surface area contributed by atoms with Crippen molar-refractivity contribution in [3.05, 3.63) is 0 Å². The lowest BCUT2D eigenvalue weighted by Crippen LogP contribution is -2.58. The van der Waals surface area contributed by atoms with E-state index >= 15 is 0 Å². The van der Waals surface area contributed by atoms with Crippen LogP contribution in [0, 0.1) is 5.92 Å². The average Bonchev–Trinajstić information content (AvgIpc) is 2.69. The van der Waals surface area contributed by atoms with Crippen molar-refractivity contribution in [2.45, 2.75) is 64.0 Å². The molecule has 1 atom stereocenters. The van der Waals surface area contributed by atoms with Crippen molar-refractivity contribution in [3.8, 4) is 0 Å². The van der Waals surface area contributed by atoms with E-state index in [0.717, 1.165) is 12.6 Å². The highest BCUT2D eigenvalue weighted by Gasteiger charge is 2.41. The van der Waals surface area contributed by atoms with Crippen molar-refractivity contribution in [2.24, 2.45) is 11.7 Å². The van der Waals surface area contributed by atoms with Crippen LogP contribution >= 0.6 is 0 Å². The number of piperidine rings is 1. The third kappa shape index (κ3) is 2.07. The van der Waals surface area contributed by atoms with Crippen molar-refractivity contribution in [1.82, 2.24) is 4.90 Å². The molecule has 0 radical (unpaired) electrons. The second kappa shape index (κ2) is 4.42. The van der Waals surface area contributed by atoms with Gasteiger partial charge in [0.05, 0.1) is 0 Å². The molecule has 2 aliphatic rings. The summed E-state index contributed by atoms with van der Waals surface area (Å²) < 4.78 is 0. The average molecular weight is 210 g/mol. The van der Waals surface area contributed by atoms with Gasteiger partial charge in [-0.15, -0.1) is 0 Å². The van der Waals surface area contributed by atoms with Crippen LogP contribution in [0.4, 0.5) is 0 Å². The lowest BCUT2D eigenvalue weighted by Gasteiger charge is -2.50. The Balaban J connectivity index is 2.08. The van der Waals surface area contributed by atoms with Crippen LogP contribution in [0.3, 0.4) is 0 Å². The van der Waals surface area contributed by atoms with Crippen molar-refractivity contribution in [3.63, 3.8) is 0 Å². The summed E-state index contributed by atoms with van der Waals surface area (Å²) in [5.41, 5.74) is 6.25. The third-order valence-corrected chi connectivity index (χ3v) is 4.74. The van der Waals surface area contributed by atoms with E-state index < -0.39 is 0 Å². The molecule has 1 saturated carbocycles. The minimum Gasteiger partial charge on any atom is -0.330 e. The molecule has 0 aromatic rings. The van der Waals surface area contributed by atoms with E-state index in [9.17, 15) is 0 Å². The molecule has 1 saturated heterocycles. The van der Waals surface area contributed by atoms with Crippen molar-refractivity contribution >= 4 is 0 Å². The Kier molecular flexibility index (Phi) is 3.36. The highest BCUT2D eigenvalue weighted by atomic mass is 15.2. The minimum absolute atomic E-state index is 0.335. The van der Waals surface area contributed by atoms with E-state index in [1.807, 2.05) is 0 Å². The van der Waals surface area contributed by atoms with Gasteiger partial charge in [0, 0.05) is 11.6 Å². The number of rotatable bonds is 2. The Morgan fingerprint density at radius 1 is 1.13 bits per heavy atom. The Morgan fingerprint density at radius 3 is 2.40 bits per heavy atom. The number of hydrogen-bond acceptors (Lipinski definition) is 2. The van der Waals surface area contributed by atoms with E-state index in [1.54, 1.807) is 0 Å². The minimum atomic E-state index is 0.335. The zero-order valence-corrected chi connectivity index (χ0v) is 10.3. The molecule has 2 N–H and O–H groups in total. The van der Waals surface area contributed by atoms with Gasteiger partial charge in [-0.05, 0) is 58.5 Å². The third-order valence-electron chi connectivity index (χ3n) is 4.74. The fourth-order valence-electron chi connectivity index (χ4n) is 3.66. The Morgan fingerprint density at radius 2 is 1.80 bits per heavy atom. The van der Waals surface area contributed by atoms with Crippen LogP contribution in [-0.2, 0) is 0 Å². The highest BCUT2D eigenvalue weighted by Crippen LogP contribution is 2.38. The van der Waals surface area contributed by atoms with Gasteiger partial charge >= 0.3 is 0 Å². The maximum atomic E-state index is 5.91. The van der Waals surface area contributed by atoms with Gasteiger partial charge in [-0.3, -0.25) is 4.90 Å². The zero-order valence-electron chi connectivity index (χ0n) is 10.3. The summed E-state index contributed by atoms with van der Waals surface area (Å²) in [5, 5.41) is 0. The molecule has 0 bridgehead atoms. The largest absolute Gasteiger partial charge is 0.330 e. The molecule has 1 unspecified atom stereocenters. The molecule has 88 valence electrons. The fraction of sp³-hybridized carbons (Fsp3) is 1.00. The van der Waals surface area contributed by atoms with Crippen LogP contribution in [0.15, 0.2) is 0 Å². The predicted molar refractivity (Wildman–Crippen MR) is 64.8 cm³/mol. The normalized spacial score (nSPS) is 33.4. The van der Waals surface area contributed by atoms with Crippen LogP contribution in [0.5, 0.6) is 0 Å². The first-order chi connectivity index (χ1) is 7.16. The molecular formula is C13H26N2. The van der Waals surface area contributed by atoms with Gasteiger partial charge in [0.25, 0.3) is 0 Å². The molecule has 2 fully saturated rings. The standard InChI is InChI=1S/C13H26N2/c1-13(2)11(10-14)6-5-9-15(13)12-7-3-4-8-12/h11-12H,3-10,14H2,1-2H3. The first-order valence-electron chi connectivity index (χ1n) is 6.63. The van der Waals surface area contributed by atoms with Gasteiger partial charge in [0.15, 0.2) is 0 Å². The second-order valence-electron chi connectivity index (χ2n) is 5.86. The van der Waals surface area contributed by atoms with Gasteiger partial charge < -0.3 is 5.73 Å². The van der Waals surface area contributed by atoms with Crippen LogP contribution < -0.4 is 5.73 Å². The molecule has 1 aliphatic carbocycles. The summed E-state index contributed by atoms with van der Waals surface area (Å²) in [5.74, 6) is 0.701. The fourth-order valence-corrected chi connectivity index (χ4v) is 3.66. The first kappa shape index (κ1) is 11.4. The summed E-state index contributed by atoms with van der Waals surface area (Å²) >= 11 is 0. The Hall–Kier alpha value is -0.0800. The molecule has 2 heteroatoms. The summed E-state index contributed by atoms with van der Waals surface area (Å²) in [6.07, 6.45) is 8.38. The first-order valence-corrected chi connectivity index (χ1v) is 6.63.